The first-order valence-corrected chi connectivity index (χ1v) is 17.3. The lowest BCUT2D eigenvalue weighted by Crippen LogP contribution is -2.59. The molecule has 0 fully saturated rings. The maximum atomic E-state index is 13.5. The van der Waals surface area contributed by atoms with E-state index in [0.29, 0.717) is 24.8 Å². The number of cyclic esters (lactones) is 1. The SMILES string of the molecule is CC(C)C[C@H](NC(=O)[C@@H](O)[C@@H](O)[C@H](CCCN=C(N)N)NC(=O)[C@@H](CC(N)=O)NC(=O)CCCc1ccccc1)[C@@H]1Cc2cccc(O)c2C(=O)O1. The molecule has 284 valence electrons. The summed E-state index contributed by atoms with van der Waals surface area (Å²) in [6, 6.07) is 10.7. The van der Waals surface area contributed by atoms with Gasteiger partial charge in [-0.05, 0) is 55.2 Å². The molecule has 3 rings (SSSR count). The first-order chi connectivity index (χ1) is 24.7. The number of carbonyl (C=O) groups excluding carboxylic acids is 5. The van der Waals surface area contributed by atoms with E-state index >= 15 is 0 Å². The average Bonchev–Trinajstić information content (AvgIpc) is 3.08. The molecule has 0 bridgehead atoms. The number of amides is 4. The normalized spacial score (nSPS) is 16.6. The Hall–Kier alpha value is -5.22. The number of aliphatic hydroxyl groups excluding tert-OH is 2. The van der Waals surface area contributed by atoms with Crippen molar-refractivity contribution in [1.29, 1.82) is 0 Å². The second-order valence-corrected chi connectivity index (χ2v) is 13.3. The number of nitrogens with one attached hydrogen (secondary N) is 3. The summed E-state index contributed by atoms with van der Waals surface area (Å²) >= 11 is 0. The lowest BCUT2D eigenvalue weighted by Gasteiger charge is -2.34. The number of carbonyl (C=O) groups is 5. The average molecular weight is 726 g/mol. The van der Waals surface area contributed by atoms with Gasteiger partial charge in [-0.2, -0.15) is 0 Å². The maximum absolute atomic E-state index is 13.5. The van der Waals surface area contributed by atoms with Crippen molar-refractivity contribution in [2.24, 2.45) is 28.1 Å². The van der Waals surface area contributed by atoms with Crippen LogP contribution in [0.2, 0.25) is 0 Å². The summed E-state index contributed by atoms with van der Waals surface area (Å²) in [7, 11) is 0. The van der Waals surface area contributed by atoms with Crippen molar-refractivity contribution in [2.75, 3.05) is 6.54 Å². The van der Waals surface area contributed by atoms with Crippen molar-refractivity contribution >= 4 is 35.6 Å². The van der Waals surface area contributed by atoms with E-state index < -0.39 is 72.5 Å². The number of hydrogen-bond donors (Lipinski definition) is 9. The largest absolute Gasteiger partial charge is 0.507 e. The molecule has 1 aliphatic rings. The Labute approximate surface area is 302 Å². The minimum Gasteiger partial charge on any atom is -0.507 e. The first kappa shape index (κ1) is 41.2. The van der Waals surface area contributed by atoms with Crippen LogP contribution in [0, 0.1) is 5.92 Å². The molecule has 1 heterocycles. The number of rotatable bonds is 20. The van der Waals surface area contributed by atoms with Crippen molar-refractivity contribution in [3.63, 3.8) is 0 Å². The van der Waals surface area contributed by atoms with Crippen molar-refractivity contribution in [3.05, 3.63) is 65.2 Å². The zero-order chi connectivity index (χ0) is 38.4. The molecular weight excluding hydrogens is 674 g/mol. The Morgan fingerprint density at radius 3 is 2.31 bits per heavy atom. The maximum Gasteiger partial charge on any atom is 0.342 e. The smallest absolute Gasteiger partial charge is 0.342 e. The van der Waals surface area contributed by atoms with Gasteiger partial charge in [0.2, 0.25) is 17.7 Å². The van der Waals surface area contributed by atoms with E-state index in [2.05, 4.69) is 20.9 Å². The van der Waals surface area contributed by atoms with Crippen LogP contribution in [0.1, 0.15) is 73.9 Å². The minimum absolute atomic E-state index is 0.00922. The number of guanidine groups is 1. The van der Waals surface area contributed by atoms with Gasteiger partial charge in [-0.15, -0.1) is 0 Å². The van der Waals surface area contributed by atoms with Crippen molar-refractivity contribution in [1.82, 2.24) is 16.0 Å². The molecule has 0 aromatic heterocycles. The van der Waals surface area contributed by atoms with Crippen LogP contribution in [-0.2, 0) is 36.8 Å². The summed E-state index contributed by atoms with van der Waals surface area (Å²) in [6.07, 6.45) is -3.55. The predicted octanol–water partition coefficient (Wildman–Crippen LogP) is -0.352. The highest BCUT2D eigenvalue weighted by Gasteiger charge is 2.39. The molecule has 12 N–H and O–H groups in total. The standard InChI is InChI=1S/C36H51N7O9/c1-20(2)17-24(27-18-22-12-7-14-26(44)30(22)35(51)52-27)43-34(50)32(48)31(47)23(13-8-16-40-36(38)39)42-33(49)25(19-28(37)45)41-29(46)15-6-11-21-9-4-3-5-10-21/h3-5,7,9-10,12,14,20,23-25,27,31-32,44,47-48H,6,8,11,13,15-19H2,1-2H3,(H2,37,45)(H,41,46)(H,42,49)(H,43,50)(H4,38,39,40)/t23-,24-,25+,27-,31-,32-/m0/s1. The highest BCUT2D eigenvalue weighted by Crippen LogP contribution is 2.30. The monoisotopic (exact) mass is 725 g/mol. The number of aromatic hydroxyl groups is 1. The van der Waals surface area contributed by atoms with Gasteiger partial charge in [0.05, 0.1) is 18.5 Å². The summed E-state index contributed by atoms with van der Waals surface area (Å²) < 4.78 is 5.60. The number of aliphatic hydroxyl groups is 2. The molecule has 0 radical (unpaired) electrons. The fourth-order valence-corrected chi connectivity index (χ4v) is 6.03. The van der Waals surface area contributed by atoms with Gasteiger partial charge in [0, 0.05) is 19.4 Å². The summed E-state index contributed by atoms with van der Waals surface area (Å²) in [5.74, 6) is -4.40. The number of aliphatic imine (C=N–C) groups is 1. The number of phenols is 1. The molecule has 0 unspecified atom stereocenters. The minimum atomic E-state index is -2.08. The summed E-state index contributed by atoms with van der Waals surface area (Å²) in [4.78, 5) is 68.2. The van der Waals surface area contributed by atoms with Crippen LogP contribution in [0.25, 0.3) is 0 Å². The number of benzene rings is 2. The third-order valence-corrected chi connectivity index (χ3v) is 8.58. The molecule has 6 atom stereocenters. The van der Waals surface area contributed by atoms with E-state index in [0.717, 1.165) is 5.56 Å². The lowest BCUT2D eigenvalue weighted by atomic mass is 9.90. The number of phenolic OH excluding ortho intramolecular Hbond substituents is 1. The van der Waals surface area contributed by atoms with Gasteiger partial charge in [0.15, 0.2) is 12.1 Å². The number of nitrogens with zero attached hydrogens (tertiary/aromatic N) is 1. The van der Waals surface area contributed by atoms with Gasteiger partial charge in [-0.1, -0.05) is 56.3 Å². The van der Waals surface area contributed by atoms with Crippen molar-refractivity contribution in [3.8, 4) is 5.75 Å². The number of hydrogen-bond acceptors (Lipinski definition) is 10. The van der Waals surface area contributed by atoms with Gasteiger partial charge in [-0.25, -0.2) is 4.79 Å². The number of fused-ring (bicyclic) bond motifs is 1. The molecule has 2 aromatic carbocycles. The summed E-state index contributed by atoms with van der Waals surface area (Å²) in [5.41, 5.74) is 17.8. The van der Waals surface area contributed by atoms with E-state index in [4.69, 9.17) is 21.9 Å². The van der Waals surface area contributed by atoms with Crippen LogP contribution in [0.3, 0.4) is 0 Å². The molecule has 0 saturated carbocycles. The van der Waals surface area contributed by atoms with Gasteiger partial charge < -0.3 is 53.2 Å². The number of primary amides is 1. The molecule has 0 aliphatic carbocycles. The molecule has 2 aromatic rings. The lowest BCUT2D eigenvalue weighted by molar-refractivity contribution is -0.140. The van der Waals surface area contributed by atoms with Gasteiger partial charge in [0.1, 0.15) is 29.6 Å². The molecule has 4 amide bonds. The quantitative estimate of drug-likeness (QED) is 0.0368. The fourth-order valence-electron chi connectivity index (χ4n) is 6.03. The topological polar surface area (TPSA) is 282 Å². The Kier molecular flexibility index (Phi) is 15.8. The van der Waals surface area contributed by atoms with Crippen LogP contribution in [0.4, 0.5) is 0 Å². The fraction of sp³-hybridized carbons (Fsp3) is 0.500. The molecule has 16 heteroatoms. The molecule has 16 nitrogen and oxygen atoms in total. The molecule has 0 saturated heterocycles. The molecule has 52 heavy (non-hydrogen) atoms. The number of esters is 1. The Balaban J connectivity index is 1.73. The highest BCUT2D eigenvalue weighted by molar-refractivity contribution is 5.95. The first-order valence-electron chi connectivity index (χ1n) is 17.3. The van der Waals surface area contributed by atoms with Gasteiger partial charge in [-0.3, -0.25) is 24.2 Å². The van der Waals surface area contributed by atoms with E-state index in [1.54, 1.807) is 12.1 Å². The van der Waals surface area contributed by atoms with E-state index in [-0.39, 0.29) is 55.4 Å². The number of aryl methyl sites for hydroxylation is 1. The third kappa shape index (κ3) is 12.8. The second-order valence-electron chi connectivity index (χ2n) is 13.3. The third-order valence-electron chi connectivity index (χ3n) is 8.58. The zero-order valence-electron chi connectivity index (χ0n) is 29.5. The summed E-state index contributed by atoms with van der Waals surface area (Å²) in [6.45, 7) is 3.87. The molecule has 0 spiro atoms. The molecular formula is C36H51N7O9. The van der Waals surface area contributed by atoms with Gasteiger partial charge >= 0.3 is 5.97 Å². The van der Waals surface area contributed by atoms with E-state index in [9.17, 15) is 39.3 Å². The zero-order valence-corrected chi connectivity index (χ0v) is 29.5. The van der Waals surface area contributed by atoms with Crippen LogP contribution < -0.4 is 33.2 Å². The van der Waals surface area contributed by atoms with Gasteiger partial charge in [0.25, 0.3) is 5.91 Å². The molecule has 1 aliphatic heterocycles. The van der Waals surface area contributed by atoms with E-state index in [1.165, 1.54) is 6.07 Å². The van der Waals surface area contributed by atoms with Crippen molar-refractivity contribution < 1.29 is 44.0 Å². The number of nitrogens with two attached hydrogens (primary N) is 3. The Bertz CT molecular complexity index is 1570. The van der Waals surface area contributed by atoms with Crippen LogP contribution in [0.15, 0.2) is 53.5 Å². The highest BCUT2D eigenvalue weighted by atomic mass is 16.5. The van der Waals surface area contributed by atoms with E-state index in [1.807, 2.05) is 44.2 Å². The van der Waals surface area contributed by atoms with Crippen LogP contribution in [0.5, 0.6) is 5.75 Å². The van der Waals surface area contributed by atoms with Crippen molar-refractivity contribution in [2.45, 2.75) is 102 Å². The summed E-state index contributed by atoms with van der Waals surface area (Å²) in [5, 5.41) is 40.3. The number of ether oxygens (including phenoxy) is 1. The predicted molar refractivity (Wildman–Crippen MR) is 191 cm³/mol. The van der Waals surface area contributed by atoms with Crippen LogP contribution in [-0.4, -0.2) is 93.9 Å². The Morgan fingerprint density at radius 1 is 0.942 bits per heavy atom. The van der Waals surface area contributed by atoms with Crippen LogP contribution >= 0.6 is 0 Å². The Morgan fingerprint density at radius 2 is 1.65 bits per heavy atom. The second kappa shape index (κ2) is 20.0.